The van der Waals surface area contributed by atoms with Gasteiger partial charge in [0.25, 0.3) is 0 Å². The number of nitrogens with zero attached hydrogens (tertiary/aromatic N) is 4. The van der Waals surface area contributed by atoms with Crippen LogP contribution < -0.4 is 4.90 Å². The Balaban J connectivity index is 1.69. The number of pyridine rings is 1. The maximum absolute atomic E-state index is 12.1. The third-order valence-electron chi connectivity index (χ3n) is 5.31. The van der Waals surface area contributed by atoms with E-state index >= 15 is 0 Å². The second kappa shape index (κ2) is 8.75. The van der Waals surface area contributed by atoms with Crippen molar-refractivity contribution in [2.45, 2.75) is 12.0 Å². The Labute approximate surface area is 200 Å². The fraction of sp³-hybridized carbons (Fsp3) is 0.227. The Hall–Kier alpha value is -2.57. The Morgan fingerprint density at radius 1 is 1.19 bits per heavy atom. The lowest BCUT2D eigenvalue weighted by molar-refractivity contribution is 0.0686. The summed E-state index contributed by atoms with van der Waals surface area (Å²) in [7, 11) is 1.47. The van der Waals surface area contributed by atoms with Gasteiger partial charge < -0.3 is 19.2 Å². The molecule has 0 atom stereocenters. The number of morpholine rings is 1. The summed E-state index contributed by atoms with van der Waals surface area (Å²) in [6, 6.07) is 13.1. The molecule has 1 N–H and O–H groups in total. The highest BCUT2D eigenvalue weighted by atomic mass is 127. The molecule has 10 heteroatoms. The number of carboxylic acids is 1. The van der Waals surface area contributed by atoms with Gasteiger partial charge in [-0.1, -0.05) is 23.8 Å². The Bertz CT molecular complexity index is 1310. The number of carbonyl (C=O) groups is 1. The van der Waals surface area contributed by atoms with Crippen molar-refractivity contribution < 1.29 is 19.1 Å². The number of benzene rings is 1. The number of hydrogen-bond donors (Lipinski definition) is 1. The molecule has 164 valence electrons. The van der Waals surface area contributed by atoms with Crippen molar-refractivity contribution in [3.8, 4) is 17.1 Å². The number of rotatable bonds is 5. The molecule has 4 heterocycles. The standard InChI is InChI=1S/C22H19IN4O4S/c1-13-3-2-4-14(9-13)15-10-18(22(28)29)27(25-15)19-12-17(26-5-7-30-8-6-26)21-16(24-19)11-20(31-21)32-23/h2-4,9-12H,5-8H2,1H3,(H,28,29). The monoisotopic (exact) mass is 562 g/mol. The van der Waals surface area contributed by atoms with Crippen LogP contribution in [0.2, 0.25) is 0 Å². The summed E-state index contributed by atoms with van der Waals surface area (Å²) < 4.78 is 12.9. The molecule has 0 aliphatic carbocycles. The minimum Gasteiger partial charge on any atom is -0.477 e. The van der Waals surface area contributed by atoms with Crippen molar-refractivity contribution in [3.63, 3.8) is 0 Å². The van der Waals surface area contributed by atoms with Crippen molar-refractivity contribution in [1.29, 1.82) is 0 Å². The fourth-order valence-electron chi connectivity index (χ4n) is 3.81. The third kappa shape index (κ3) is 3.97. The van der Waals surface area contributed by atoms with Gasteiger partial charge in [-0.25, -0.2) is 14.5 Å². The molecule has 5 rings (SSSR count). The molecule has 0 spiro atoms. The van der Waals surface area contributed by atoms with Gasteiger partial charge in [-0.05, 0) is 28.0 Å². The first-order chi connectivity index (χ1) is 15.5. The molecular weight excluding hydrogens is 543 g/mol. The molecular formula is C22H19IN4O4S. The maximum Gasteiger partial charge on any atom is 0.354 e. The molecule has 0 saturated carbocycles. The lowest BCUT2D eigenvalue weighted by Gasteiger charge is -2.29. The molecule has 1 fully saturated rings. The van der Waals surface area contributed by atoms with Crippen LogP contribution in [0.15, 0.2) is 52.0 Å². The molecule has 1 aliphatic heterocycles. The number of furan rings is 1. The smallest absolute Gasteiger partial charge is 0.354 e. The Kier molecular flexibility index (Phi) is 5.82. The summed E-state index contributed by atoms with van der Waals surface area (Å²) in [4.78, 5) is 18.9. The SMILES string of the molecule is Cc1cccc(-c2cc(C(=O)O)n(-c3cc(N4CCOCC4)c4oc(SI)cc4n3)n2)c1. The molecule has 8 nitrogen and oxygen atoms in total. The summed E-state index contributed by atoms with van der Waals surface area (Å²) >= 11 is 2.17. The zero-order valence-electron chi connectivity index (χ0n) is 17.1. The van der Waals surface area contributed by atoms with E-state index in [1.54, 1.807) is 6.07 Å². The second-order valence-electron chi connectivity index (χ2n) is 7.46. The van der Waals surface area contributed by atoms with Gasteiger partial charge in [-0.15, -0.1) is 0 Å². The van der Waals surface area contributed by atoms with Crippen LogP contribution in [-0.4, -0.2) is 52.1 Å². The van der Waals surface area contributed by atoms with E-state index in [0.717, 1.165) is 21.9 Å². The third-order valence-corrected chi connectivity index (χ3v) is 6.97. The zero-order valence-corrected chi connectivity index (χ0v) is 20.1. The molecule has 0 radical (unpaired) electrons. The first-order valence-electron chi connectivity index (χ1n) is 10.00. The normalized spacial score (nSPS) is 14.2. The number of halogens is 1. The van der Waals surface area contributed by atoms with E-state index in [1.807, 2.05) is 43.3 Å². The average Bonchev–Trinajstić information content (AvgIpc) is 3.43. The van der Waals surface area contributed by atoms with E-state index in [4.69, 9.17) is 14.1 Å². The summed E-state index contributed by atoms with van der Waals surface area (Å²) in [6.07, 6.45) is 0. The van der Waals surface area contributed by atoms with E-state index in [1.165, 1.54) is 13.6 Å². The Morgan fingerprint density at radius 3 is 2.72 bits per heavy atom. The van der Waals surface area contributed by atoms with Gasteiger partial charge >= 0.3 is 5.97 Å². The van der Waals surface area contributed by atoms with Crippen molar-refractivity contribution in [2.75, 3.05) is 31.2 Å². The first kappa shape index (κ1) is 21.3. The van der Waals surface area contributed by atoms with Crippen molar-refractivity contribution in [3.05, 3.63) is 53.7 Å². The predicted octanol–water partition coefficient (Wildman–Crippen LogP) is 4.97. The second-order valence-corrected chi connectivity index (χ2v) is 9.34. The number of ether oxygens (including phenoxy) is 1. The number of carboxylic acid groups (broad SMARTS) is 1. The summed E-state index contributed by atoms with van der Waals surface area (Å²) in [5.74, 6) is -0.636. The zero-order chi connectivity index (χ0) is 22.2. The minimum atomic E-state index is -1.07. The van der Waals surface area contributed by atoms with Crippen LogP contribution in [0.4, 0.5) is 5.69 Å². The number of hydrogen-bond acceptors (Lipinski definition) is 7. The van der Waals surface area contributed by atoms with Crippen LogP contribution in [0.5, 0.6) is 0 Å². The van der Waals surface area contributed by atoms with E-state index in [0.29, 0.717) is 48.9 Å². The van der Waals surface area contributed by atoms with Gasteiger partial charge in [-0.3, -0.25) is 0 Å². The molecule has 1 aliphatic rings. The predicted molar refractivity (Wildman–Crippen MR) is 131 cm³/mol. The molecule has 1 saturated heterocycles. The minimum absolute atomic E-state index is 0.0493. The number of aryl methyl sites for hydroxylation is 1. The first-order valence-corrected chi connectivity index (χ1v) is 13.4. The molecule has 4 aromatic rings. The lowest BCUT2D eigenvalue weighted by atomic mass is 10.1. The average molecular weight is 562 g/mol. The topological polar surface area (TPSA) is 93.6 Å². The molecule has 0 unspecified atom stereocenters. The summed E-state index contributed by atoms with van der Waals surface area (Å²) in [6.45, 7) is 4.65. The lowest BCUT2D eigenvalue weighted by Crippen LogP contribution is -2.36. The van der Waals surface area contributed by atoms with E-state index in [2.05, 4.69) is 31.2 Å². The van der Waals surface area contributed by atoms with Crippen LogP contribution in [0.1, 0.15) is 16.1 Å². The number of aromatic nitrogens is 3. The van der Waals surface area contributed by atoms with E-state index in [-0.39, 0.29) is 5.69 Å². The summed E-state index contributed by atoms with van der Waals surface area (Å²) in [5, 5.41) is 15.2. The van der Waals surface area contributed by atoms with Crippen molar-refractivity contribution in [2.24, 2.45) is 0 Å². The number of aromatic carboxylic acids is 1. The maximum atomic E-state index is 12.1. The van der Waals surface area contributed by atoms with E-state index in [9.17, 15) is 9.90 Å². The van der Waals surface area contributed by atoms with Crippen LogP contribution in [0, 0.1) is 6.92 Å². The van der Waals surface area contributed by atoms with Crippen LogP contribution in [0.25, 0.3) is 28.2 Å². The molecule has 32 heavy (non-hydrogen) atoms. The van der Waals surface area contributed by atoms with Crippen LogP contribution in [0.3, 0.4) is 0 Å². The molecule has 0 amide bonds. The largest absolute Gasteiger partial charge is 0.477 e. The quantitative estimate of drug-likeness (QED) is 0.341. The van der Waals surface area contributed by atoms with Gasteiger partial charge in [0, 0.05) is 52.0 Å². The van der Waals surface area contributed by atoms with Gasteiger partial charge in [0.1, 0.15) is 5.52 Å². The highest BCUT2D eigenvalue weighted by Gasteiger charge is 2.23. The Morgan fingerprint density at radius 2 is 2.00 bits per heavy atom. The highest BCUT2D eigenvalue weighted by molar-refractivity contribution is 14.2. The van der Waals surface area contributed by atoms with Gasteiger partial charge in [-0.2, -0.15) is 5.10 Å². The molecule has 3 aromatic heterocycles. The van der Waals surface area contributed by atoms with Gasteiger partial charge in [0.05, 0.1) is 24.6 Å². The van der Waals surface area contributed by atoms with Crippen LogP contribution in [-0.2, 0) is 4.74 Å². The number of anilines is 1. The summed E-state index contributed by atoms with van der Waals surface area (Å²) in [5.41, 5.74) is 4.75. The fourth-order valence-corrected chi connectivity index (χ4v) is 4.73. The number of fused-ring (bicyclic) bond motifs is 1. The van der Waals surface area contributed by atoms with Crippen molar-refractivity contribution >= 4 is 52.9 Å². The van der Waals surface area contributed by atoms with Crippen molar-refractivity contribution in [1.82, 2.24) is 14.8 Å². The molecule has 0 bridgehead atoms. The van der Waals surface area contributed by atoms with Crippen LogP contribution >= 0.6 is 30.1 Å². The van der Waals surface area contributed by atoms with E-state index < -0.39 is 5.97 Å². The van der Waals surface area contributed by atoms with Gasteiger partial charge in [0.15, 0.2) is 22.2 Å². The van der Waals surface area contributed by atoms with Gasteiger partial charge in [0.2, 0.25) is 0 Å². The molecule has 1 aromatic carbocycles. The highest BCUT2D eigenvalue weighted by Crippen LogP contribution is 2.37.